The molecule has 0 unspecified atom stereocenters. The third-order valence-corrected chi connectivity index (χ3v) is 1.81. The summed E-state index contributed by atoms with van der Waals surface area (Å²) < 4.78 is 0. The quantitative estimate of drug-likeness (QED) is 0.769. The molecule has 0 radical (unpaired) electrons. The highest BCUT2D eigenvalue weighted by molar-refractivity contribution is 6.30. The topological polar surface area (TPSA) is 57.6 Å². The zero-order valence-electron chi connectivity index (χ0n) is 7.18. The Labute approximate surface area is 85.7 Å². The van der Waals surface area contributed by atoms with Gasteiger partial charge < -0.3 is 10.0 Å². The summed E-state index contributed by atoms with van der Waals surface area (Å²) in [5.74, 6) is -1.07. The molecule has 74 valence electrons. The van der Waals surface area contributed by atoms with Gasteiger partial charge in [0.2, 0.25) is 6.41 Å². The number of hydrogen-bond acceptors (Lipinski definition) is 2. The van der Waals surface area contributed by atoms with Crippen molar-refractivity contribution in [3.05, 3.63) is 29.3 Å². The fraction of sp³-hybridized carbons (Fsp3) is 0.111. The molecule has 1 aromatic carbocycles. The van der Waals surface area contributed by atoms with Crippen molar-refractivity contribution in [3.8, 4) is 0 Å². The molecule has 0 atom stereocenters. The molecule has 0 spiro atoms. The van der Waals surface area contributed by atoms with Gasteiger partial charge in [0, 0.05) is 10.7 Å². The number of hydrogen-bond donors (Lipinski definition) is 1. The van der Waals surface area contributed by atoms with Crippen molar-refractivity contribution in [2.75, 3.05) is 11.4 Å². The van der Waals surface area contributed by atoms with Gasteiger partial charge in [-0.3, -0.25) is 9.59 Å². The molecule has 0 aliphatic heterocycles. The molecular weight excluding hydrogens is 206 g/mol. The van der Waals surface area contributed by atoms with Crippen molar-refractivity contribution in [2.45, 2.75) is 0 Å². The maximum atomic E-state index is 10.6. The number of carboxylic acids is 1. The summed E-state index contributed by atoms with van der Waals surface area (Å²) in [7, 11) is 0. The van der Waals surface area contributed by atoms with E-state index in [-0.39, 0.29) is 6.54 Å². The van der Waals surface area contributed by atoms with E-state index in [2.05, 4.69) is 0 Å². The van der Waals surface area contributed by atoms with E-state index in [4.69, 9.17) is 16.7 Å². The number of amides is 1. The van der Waals surface area contributed by atoms with Crippen molar-refractivity contribution >= 4 is 29.7 Å². The summed E-state index contributed by atoms with van der Waals surface area (Å²) in [5, 5.41) is 8.97. The Balaban J connectivity index is 2.89. The van der Waals surface area contributed by atoms with E-state index in [1.54, 1.807) is 18.2 Å². The first-order chi connectivity index (χ1) is 6.63. The summed E-state index contributed by atoms with van der Waals surface area (Å²) in [4.78, 5) is 22.0. The lowest BCUT2D eigenvalue weighted by Gasteiger charge is -2.14. The van der Waals surface area contributed by atoms with Crippen LogP contribution in [0.15, 0.2) is 24.3 Å². The summed E-state index contributed by atoms with van der Waals surface area (Å²) in [6.07, 6.45) is 0.458. The molecule has 0 fully saturated rings. The molecule has 1 rings (SSSR count). The van der Waals surface area contributed by atoms with Crippen LogP contribution in [0, 0.1) is 0 Å². The Bertz CT molecular complexity index is 354. The first-order valence-corrected chi connectivity index (χ1v) is 4.20. The van der Waals surface area contributed by atoms with E-state index in [1.165, 1.54) is 6.07 Å². The average Bonchev–Trinajstić information content (AvgIpc) is 2.14. The number of anilines is 1. The molecule has 1 N–H and O–H groups in total. The summed E-state index contributed by atoms with van der Waals surface area (Å²) in [5.41, 5.74) is 0.468. The lowest BCUT2D eigenvalue weighted by atomic mass is 10.3. The summed E-state index contributed by atoms with van der Waals surface area (Å²) >= 11 is 5.69. The third-order valence-electron chi connectivity index (χ3n) is 1.57. The molecular formula is C9H8ClNO3. The van der Waals surface area contributed by atoms with E-state index in [1.807, 2.05) is 0 Å². The van der Waals surface area contributed by atoms with Crippen molar-refractivity contribution in [1.82, 2.24) is 0 Å². The molecule has 1 aromatic rings. The first kappa shape index (κ1) is 10.5. The van der Waals surface area contributed by atoms with Gasteiger partial charge in [-0.1, -0.05) is 17.7 Å². The average molecular weight is 214 g/mol. The molecule has 0 aliphatic carbocycles. The molecule has 0 aromatic heterocycles. The first-order valence-electron chi connectivity index (χ1n) is 3.83. The zero-order valence-corrected chi connectivity index (χ0v) is 7.94. The van der Waals surface area contributed by atoms with Crippen LogP contribution in [0.25, 0.3) is 0 Å². The van der Waals surface area contributed by atoms with Crippen molar-refractivity contribution in [1.29, 1.82) is 0 Å². The van der Waals surface area contributed by atoms with Gasteiger partial charge in [0.05, 0.1) is 0 Å². The van der Waals surface area contributed by atoms with Gasteiger partial charge in [0.25, 0.3) is 0 Å². The van der Waals surface area contributed by atoms with Gasteiger partial charge in [-0.2, -0.15) is 0 Å². The molecule has 0 saturated heterocycles. The minimum Gasteiger partial charge on any atom is -0.480 e. The van der Waals surface area contributed by atoms with Gasteiger partial charge in [-0.05, 0) is 18.2 Å². The van der Waals surface area contributed by atoms with Crippen LogP contribution in [-0.2, 0) is 9.59 Å². The number of carboxylic acid groups (broad SMARTS) is 1. The number of carbonyl (C=O) groups excluding carboxylic acids is 1. The monoisotopic (exact) mass is 213 g/mol. The molecule has 0 aliphatic rings. The van der Waals surface area contributed by atoms with E-state index >= 15 is 0 Å². The van der Waals surface area contributed by atoms with Gasteiger partial charge in [-0.15, -0.1) is 0 Å². The van der Waals surface area contributed by atoms with Gasteiger partial charge >= 0.3 is 5.97 Å². The Hall–Kier alpha value is -1.55. The largest absolute Gasteiger partial charge is 0.480 e. The molecule has 0 heterocycles. The highest BCUT2D eigenvalue weighted by Gasteiger charge is 2.09. The normalized spacial score (nSPS) is 9.50. The number of rotatable bonds is 4. The van der Waals surface area contributed by atoms with Crippen LogP contribution in [0.5, 0.6) is 0 Å². The number of carbonyl (C=O) groups is 2. The van der Waals surface area contributed by atoms with Gasteiger partial charge in [0.15, 0.2) is 0 Å². The predicted molar refractivity (Wildman–Crippen MR) is 52.5 cm³/mol. The van der Waals surface area contributed by atoms with E-state index < -0.39 is 5.97 Å². The van der Waals surface area contributed by atoms with Crippen LogP contribution in [0.3, 0.4) is 0 Å². The number of nitrogens with zero attached hydrogens (tertiary/aromatic N) is 1. The van der Waals surface area contributed by atoms with Crippen LogP contribution in [0.1, 0.15) is 0 Å². The summed E-state index contributed by atoms with van der Waals surface area (Å²) in [6, 6.07) is 6.44. The minimum absolute atomic E-state index is 0.371. The number of halogens is 1. The number of benzene rings is 1. The molecule has 0 saturated carbocycles. The molecule has 1 amide bonds. The lowest BCUT2D eigenvalue weighted by Crippen LogP contribution is -2.27. The minimum atomic E-state index is -1.07. The second-order valence-electron chi connectivity index (χ2n) is 2.61. The van der Waals surface area contributed by atoms with Gasteiger partial charge in [-0.25, -0.2) is 0 Å². The van der Waals surface area contributed by atoms with E-state index in [0.717, 1.165) is 4.90 Å². The predicted octanol–water partition coefficient (Wildman–Crippen LogP) is 1.39. The van der Waals surface area contributed by atoms with E-state index in [0.29, 0.717) is 17.1 Å². The smallest absolute Gasteiger partial charge is 0.323 e. The third kappa shape index (κ3) is 2.74. The lowest BCUT2D eigenvalue weighted by molar-refractivity contribution is -0.136. The second-order valence-corrected chi connectivity index (χ2v) is 3.04. The maximum absolute atomic E-state index is 10.6. The van der Waals surface area contributed by atoms with Crippen LogP contribution in [0.2, 0.25) is 5.02 Å². The summed E-state index contributed by atoms with van der Waals surface area (Å²) in [6.45, 7) is -0.371. The SMILES string of the molecule is O=CN(CC(=O)O)c1cccc(Cl)c1. The van der Waals surface area contributed by atoms with E-state index in [9.17, 15) is 9.59 Å². The standard InChI is InChI=1S/C9H8ClNO3/c10-7-2-1-3-8(4-7)11(6-12)5-9(13)14/h1-4,6H,5H2,(H,13,14). The van der Waals surface area contributed by atoms with Crippen LogP contribution in [0.4, 0.5) is 5.69 Å². The van der Waals surface area contributed by atoms with Crippen molar-refractivity contribution in [2.24, 2.45) is 0 Å². The highest BCUT2D eigenvalue weighted by Crippen LogP contribution is 2.17. The number of aliphatic carboxylic acids is 1. The fourth-order valence-corrected chi connectivity index (χ4v) is 1.17. The zero-order chi connectivity index (χ0) is 10.6. The van der Waals surface area contributed by atoms with Crippen LogP contribution >= 0.6 is 11.6 Å². The van der Waals surface area contributed by atoms with Crippen LogP contribution < -0.4 is 4.90 Å². The molecule has 14 heavy (non-hydrogen) atoms. The molecule has 0 bridgehead atoms. The Morgan fingerprint density at radius 3 is 2.79 bits per heavy atom. The second kappa shape index (κ2) is 4.62. The maximum Gasteiger partial charge on any atom is 0.323 e. The van der Waals surface area contributed by atoms with Crippen LogP contribution in [-0.4, -0.2) is 24.0 Å². The molecule has 5 heteroatoms. The Kier molecular flexibility index (Phi) is 3.48. The highest BCUT2D eigenvalue weighted by atomic mass is 35.5. The fourth-order valence-electron chi connectivity index (χ4n) is 0.990. The van der Waals surface area contributed by atoms with Crippen molar-refractivity contribution < 1.29 is 14.7 Å². The molecule has 4 nitrogen and oxygen atoms in total. The van der Waals surface area contributed by atoms with Crippen molar-refractivity contribution in [3.63, 3.8) is 0 Å². The van der Waals surface area contributed by atoms with Gasteiger partial charge in [0.1, 0.15) is 6.54 Å². The Morgan fingerprint density at radius 2 is 2.29 bits per heavy atom. The Morgan fingerprint density at radius 1 is 1.57 bits per heavy atom.